The lowest BCUT2D eigenvalue weighted by molar-refractivity contribution is -0.166. The summed E-state index contributed by atoms with van der Waals surface area (Å²) in [6.07, 6.45) is 7.29. The van der Waals surface area contributed by atoms with Gasteiger partial charge in [-0.1, -0.05) is 17.7 Å². The van der Waals surface area contributed by atoms with Crippen LogP contribution in [0.2, 0.25) is 0 Å². The number of methoxy groups -OCH3 is 2. The highest BCUT2D eigenvalue weighted by molar-refractivity contribution is 5.87. The molecule has 1 saturated carbocycles. The molecule has 0 N–H and O–H groups in total. The van der Waals surface area contributed by atoms with Gasteiger partial charge in [-0.05, 0) is 77.7 Å². The van der Waals surface area contributed by atoms with Crippen molar-refractivity contribution >= 4 is 12.0 Å². The van der Waals surface area contributed by atoms with Crippen molar-refractivity contribution in [3.63, 3.8) is 0 Å². The average Bonchev–Trinajstić information content (AvgIpc) is 3.82. The normalized spacial score (nSPS) is 31.4. The number of hydrogen-bond donors (Lipinski definition) is 0. The molecule has 2 unspecified atom stereocenters. The number of esters is 1. The largest absolute Gasteiger partial charge is 0.493 e. The molecule has 216 valence electrons. The maximum atomic E-state index is 12.9. The summed E-state index contributed by atoms with van der Waals surface area (Å²) in [7, 11) is 3.26. The van der Waals surface area contributed by atoms with Gasteiger partial charge in [-0.3, -0.25) is 0 Å². The molecule has 6 atom stereocenters. The monoisotopic (exact) mass is 544 g/mol. The third kappa shape index (κ3) is 7.04. The Balaban J connectivity index is 1.38. The van der Waals surface area contributed by atoms with Crippen LogP contribution >= 0.6 is 0 Å². The zero-order valence-electron chi connectivity index (χ0n) is 24.4. The lowest BCUT2D eigenvalue weighted by Gasteiger charge is -2.42. The third-order valence-corrected chi connectivity index (χ3v) is 7.90. The molecule has 0 amide bonds. The predicted molar refractivity (Wildman–Crippen MR) is 148 cm³/mol. The van der Waals surface area contributed by atoms with Crippen molar-refractivity contribution in [3.8, 4) is 11.5 Å². The molecule has 4 rings (SSSR count). The Morgan fingerprint density at radius 1 is 1.18 bits per heavy atom. The summed E-state index contributed by atoms with van der Waals surface area (Å²) in [5, 5.41) is 0. The van der Waals surface area contributed by atoms with Crippen LogP contribution in [0.5, 0.6) is 11.5 Å². The van der Waals surface area contributed by atoms with Crippen LogP contribution < -0.4 is 9.47 Å². The fourth-order valence-corrected chi connectivity index (χ4v) is 5.77. The molecule has 2 saturated heterocycles. The van der Waals surface area contributed by atoms with E-state index in [1.165, 1.54) is 11.6 Å². The van der Waals surface area contributed by atoms with Gasteiger partial charge in [0.25, 0.3) is 0 Å². The topological polar surface area (TPSA) is 88.3 Å². The molecule has 8 nitrogen and oxygen atoms in total. The molecule has 0 radical (unpaired) electrons. The van der Waals surface area contributed by atoms with Crippen molar-refractivity contribution < 1.29 is 38.0 Å². The van der Waals surface area contributed by atoms with Gasteiger partial charge in [0, 0.05) is 13.2 Å². The molecule has 39 heavy (non-hydrogen) atoms. The number of hydrogen-bond acceptors (Lipinski definition) is 8. The Labute approximate surface area is 232 Å². The average molecular weight is 545 g/mol. The molecule has 1 spiro atoms. The van der Waals surface area contributed by atoms with E-state index >= 15 is 0 Å². The van der Waals surface area contributed by atoms with Crippen molar-refractivity contribution in [1.82, 2.24) is 0 Å². The van der Waals surface area contributed by atoms with Gasteiger partial charge < -0.3 is 33.2 Å². The molecule has 1 aliphatic carbocycles. The highest BCUT2D eigenvalue weighted by Gasteiger charge is 2.72. The van der Waals surface area contributed by atoms with Gasteiger partial charge in [0.15, 0.2) is 11.5 Å². The molecule has 1 aromatic rings. The quantitative estimate of drug-likeness (QED) is 0.111. The number of allylic oxidation sites excluding steroid dienone is 1. The molecule has 1 aromatic carbocycles. The number of ether oxygens (including phenoxy) is 7. The predicted octanol–water partition coefficient (Wildman–Crippen LogP) is 5.13. The smallest absolute Gasteiger partial charge is 0.331 e. The first-order valence-electron chi connectivity index (χ1n) is 13.9. The van der Waals surface area contributed by atoms with Gasteiger partial charge in [0.2, 0.25) is 0 Å². The van der Waals surface area contributed by atoms with Gasteiger partial charge >= 0.3 is 5.97 Å². The van der Waals surface area contributed by atoms with E-state index in [1.54, 1.807) is 20.3 Å². The standard InChI is InChI=1S/C31H44O8/c1-20(2)8-12-26-30(5,39-26)29-28(34-7)24(14-15-31(29)19-37-31)38-27(32)13-10-22-9-11-23(25(18-22)33-6)36-17-16-35-21(3)4/h8-11,13,18,21,24,26,28-29H,12,14-17,19H2,1-7H3/b13-10+/t24-,26?,28-,29?,30-,31+/m1/s1. The Bertz CT molecular complexity index is 1050. The number of benzene rings is 1. The van der Waals surface area contributed by atoms with Crippen molar-refractivity contribution in [1.29, 1.82) is 0 Å². The van der Waals surface area contributed by atoms with Crippen LogP contribution in [0.3, 0.4) is 0 Å². The van der Waals surface area contributed by atoms with Gasteiger partial charge in [0.05, 0.1) is 38.4 Å². The molecule has 3 aliphatic rings. The molecule has 3 fully saturated rings. The molecule has 0 bridgehead atoms. The Morgan fingerprint density at radius 3 is 2.59 bits per heavy atom. The Morgan fingerprint density at radius 2 is 1.95 bits per heavy atom. The summed E-state index contributed by atoms with van der Waals surface area (Å²) in [5.74, 6) is 0.778. The minimum atomic E-state index is -0.415. The zero-order valence-corrected chi connectivity index (χ0v) is 24.4. The number of rotatable bonds is 13. The highest BCUT2D eigenvalue weighted by atomic mass is 16.6. The first kappa shape index (κ1) is 29.6. The van der Waals surface area contributed by atoms with Crippen LogP contribution in [0.4, 0.5) is 0 Å². The number of carbonyl (C=O) groups is 1. The fourth-order valence-electron chi connectivity index (χ4n) is 5.77. The minimum Gasteiger partial charge on any atom is -0.493 e. The van der Waals surface area contributed by atoms with Crippen LogP contribution in [-0.2, 0) is 28.5 Å². The highest BCUT2D eigenvalue weighted by Crippen LogP contribution is 2.59. The van der Waals surface area contributed by atoms with Gasteiger partial charge in [0.1, 0.15) is 30.0 Å². The molecule has 8 heteroatoms. The van der Waals surface area contributed by atoms with Crippen LogP contribution in [-0.4, -0.2) is 75.6 Å². The number of epoxide rings is 2. The second-order valence-corrected chi connectivity index (χ2v) is 11.4. The van der Waals surface area contributed by atoms with Crippen molar-refractivity contribution in [2.45, 2.75) is 89.5 Å². The molecular weight excluding hydrogens is 500 g/mol. The summed E-state index contributed by atoms with van der Waals surface area (Å²) in [4.78, 5) is 12.9. The van der Waals surface area contributed by atoms with E-state index in [0.29, 0.717) is 37.7 Å². The first-order chi connectivity index (χ1) is 18.6. The van der Waals surface area contributed by atoms with E-state index < -0.39 is 5.97 Å². The van der Waals surface area contributed by atoms with Crippen LogP contribution in [0.1, 0.15) is 59.4 Å². The maximum absolute atomic E-state index is 12.9. The lowest BCUT2D eigenvalue weighted by Crippen LogP contribution is -2.55. The van der Waals surface area contributed by atoms with E-state index in [1.807, 2.05) is 32.0 Å². The van der Waals surface area contributed by atoms with Crippen LogP contribution in [0, 0.1) is 5.92 Å². The van der Waals surface area contributed by atoms with Gasteiger partial charge in [-0.25, -0.2) is 4.79 Å². The van der Waals surface area contributed by atoms with E-state index in [9.17, 15) is 4.79 Å². The van der Waals surface area contributed by atoms with Crippen molar-refractivity contribution in [2.24, 2.45) is 5.92 Å². The van der Waals surface area contributed by atoms with E-state index in [-0.39, 0.29) is 41.5 Å². The third-order valence-electron chi connectivity index (χ3n) is 7.90. The zero-order chi connectivity index (χ0) is 28.2. The van der Waals surface area contributed by atoms with Crippen molar-refractivity contribution in [3.05, 3.63) is 41.5 Å². The van der Waals surface area contributed by atoms with E-state index in [4.69, 9.17) is 33.2 Å². The Kier molecular flexibility index (Phi) is 9.42. The summed E-state index contributed by atoms with van der Waals surface area (Å²) in [5.41, 5.74) is 1.44. The van der Waals surface area contributed by atoms with Gasteiger partial charge in [-0.15, -0.1) is 0 Å². The first-order valence-corrected chi connectivity index (χ1v) is 13.9. The van der Waals surface area contributed by atoms with E-state index in [0.717, 1.165) is 18.4 Å². The minimum absolute atomic E-state index is 0.0103. The maximum Gasteiger partial charge on any atom is 0.331 e. The number of carbonyl (C=O) groups excluding carboxylic acids is 1. The summed E-state index contributed by atoms with van der Waals surface area (Å²) in [6.45, 7) is 11.9. The fraction of sp³-hybridized carbons (Fsp3) is 0.645. The molecule has 2 aliphatic heterocycles. The lowest BCUT2D eigenvalue weighted by atomic mass is 9.68. The van der Waals surface area contributed by atoms with Crippen molar-refractivity contribution in [2.75, 3.05) is 34.0 Å². The SMILES string of the molecule is COc1cc(/C=C/C(=O)O[C@@H]2CC[C@]3(CO3)C([C@]3(C)OC3CC=C(C)C)[C@@H]2OC)ccc1OCCOC(C)C. The second-order valence-electron chi connectivity index (χ2n) is 11.4. The molecule has 2 heterocycles. The summed E-state index contributed by atoms with van der Waals surface area (Å²) in [6, 6.07) is 5.51. The van der Waals surface area contributed by atoms with Crippen LogP contribution in [0.25, 0.3) is 6.08 Å². The molecular formula is C31H44O8. The van der Waals surface area contributed by atoms with Gasteiger partial charge in [-0.2, -0.15) is 0 Å². The summed E-state index contributed by atoms with van der Waals surface area (Å²) >= 11 is 0. The second kappa shape index (κ2) is 12.4. The van der Waals surface area contributed by atoms with Crippen LogP contribution in [0.15, 0.2) is 35.9 Å². The van der Waals surface area contributed by atoms with E-state index in [2.05, 4.69) is 26.8 Å². The molecule has 0 aromatic heterocycles. The Hall–Kier alpha value is -2.39. The summed E-state index contributed by atoms with van der Waals surface area (Å²) < 4.78 is 40.9.